The van der Waals surface area contributed by atoms with Crippen LogP contribution in [0.4, 0.5) is 5.95 Å². The van der Waals surface area contributed by atoms with Gasteiger partial charge in [0.05, 0.1) is 17.3 Å². The molecular weight excluding hydrogens is 366 g/mol. The summed E-state index contributed by atoms with van der Waals surface area (Å²) in [5.41, 5.74) is 3.11. The summed E-state index contributed by atoms with van der Waals surface area (Å²) in [7, 11) is 1.68. The number of hydrogen-bond donors (Lipinski definition) is 1. The second kappa shape index (κ2) is 7.67. The zero-order valence-electron chi connectivity index (χ0n) is 13.9. The molecule has 0 amide bonds. The molecule has 0 spiro atoms. The molecule has 0 atom stereocenters. The molecule has 0 unspecified atom stereocenters. The van der Waals surface area contributed by atoms with Crippen LogP contribution in [0.1, 0.15) is 11.1 Å². The highest BCUT2D eigenvalue weighted by Gasteiger charge is 2.08. The van der Waals surface area contributed by atoms with Crippen molar-refractivity contribution in [2.24, 2.45) is 4.99 Å². The Morgan fingerprint density at radius 3 is 3.00 bits per heavy atom. The van der Waals surface area contributed by atoms with Crippen LogP contribution in [0.2, 0.25) is 0 Å². The molecule has 2 aromatic heterocycles. The number of aliphatic imine (C=N–C) groups is 1. The van der Waals surface area contributed by atoms with E-state index in [2.05, 4.69) is 37.3 Å². The molecule has 4 rings (SSSR count). The van der Waals surface area contributed by atoms with E-state index in [1.807, 2.05) is 30.3 Å². The third-order valence-electron chi connectivity index (χ3n) is 3.67. The van der Waals surface area contributed by atoms with Gasteiger partial charge in [-0.3, -0.25) is 0 Å². The molecule has 4 aromatic rings. The van der Waals surface area contributed by atoms with Gasteiger partial charge in [-0.05, 0) is 35.9 Å². The Labute approximate surface area is 158 Å². The van der Waals surface area contributed by atoms with Crippen LogP contribution in [0.5, 0.6) is 5.75 Å². The Bertz CT molecular complexity index is 1010. The zero-order chi connectivity index (χ0) is 17.8. The first-order chi connectivity index (χ1) is 12.8. The number of nitrogens with one attached hydrogen (secondary N) is 1. The summed E-state index contributed by atoms with van der Waals surface area (Å²) in [5.74, 6) is 2.11. The highest BCUT2D eigenvalue weighted by atomic mass is 32.2. The maximum Gasteiger partial charge on any atom is 0.245 e. The van der Waals surface area contributed by atoms with Gasteiger partial charge in [-0.1, -0.05) is 23.9 Å². The fourth-order valence-corrected chi connectivity index (χ4v) is 4.49. The van der Waals surface area contributed by atoms with Crippen molar-refractivity contribution >= 4 is 45.5 Å². The van der Waals surface area contributed by atoms with Crippen LogP contribution in [-0.2, 0) is 5.75 Å². The molecule has 130 valence electrons. The number of thiazole rings is 1. The van der Waals surface area contributed by atoms with Gasteiger partial charge < -0.3 is 4.74 Å². The van der Waals surface area contributed by atoms with Crippen molar-refractivity contribution in [3.63, 3.8) is 0 Å². The first-order valence-electron chi connectivity index (χ1n) is 7.86. The monoisotopic (exact) mass is 381 g/mol. The highest BCUT2D eigenvalue weighted by molar-refractivity contribution is 8.00. The van der Waals surface area contributed by atoms with Gasteiger partial charge in [-0.2, -0.15) is 10.1 Å². The molecular formula is C18H15N5OS2. The fourth-order valence-electron chi connectivity index (χ4n) is 2.44. The topological polar surface area (TPSA) is 76.1 Å². The summed E-state index contributed by atoms with van der Waals surface area (Å²) in [6.45, 7) is 0. The van der Waals surface area contributed by atoms with Gasteiger partial charge in [-0.25, -0.2) is 15.1 Å². The molecule has 0 radical (unpaired) electrons. The van der Waals surface area contributed by atoms with E-state index in [4.69, 9.17) is 4.74 Å². The van der Waals surface area contributed by atoms with Gasteiger partial charge in [0.1, 0.15) is 12.1 Å². The van der Waals surface area contributed by atoms with Crippen LogP contribution in [-0.4, -0.2) is 33.5 Å². The summed E-state index contributed by atoms with van der Waals surface area (Å²) < 4.78 is 7.75. The van der Waals surface area contributed by atoms with Crippen LogP contribution < -0.4 is 4.74 Å². The summed E-state index contributed by atoms with van der Waals surface area (Å²) in [6, 6.07) is 14.2. The Balaban J connectivity index is 1.53. The maximum atomic E-state index is 5.49. The van der Waals surface area contributed by atoms with E-state index in [1.165, 1.54) is 11.0 Å². The largest absolute Gasteiger partial charge is 0.496 e. The van der Waals surface area contributed by atoms with Crippen molar-refractivity contribution in [3.8, 4) is 5.75 Å². The predicted octanol–water partition coefficient (Wildman–Crippen LogP) is 4.47. The lowest BCUT2D eigenvalue weighted by Crippen LogP contribution is -1.93. The molecule has 26 heavy (non-hydrogen) atoms. The number of rotatable bonds is 6. The fraction of sp³-hybridized carbons (Fsp3) is 0.111. The first kappa shape index (κ1) is 16.7. The summed E-state index contributed by atoms with van der Waals surface area (Å²) >= 11 is 3.42. The molecule has 0 aliphatic carbocycles. The molecule has 0 aliphatic rings. The summed E-state index contributed by atoms with van der Waals surface area (Å²) in [5, 5.41) is 6.49. The van der Waals surface area contributed by atoms with Gasteiger partial charge >= 0.3 is 0 Å². The SMILES string of the molecule is COc1ccc(/C=N/c2ncn[nH]2)cc1CSc1nc2ccccc2s1. The number of methoxy groups -OCH3 is 1. The lowest BCUT2D eigenvalue weighted by Gasteiger charge is -2.08. The lowest BCUT2D eigenvalue weighted by atomic mass is 10.1. The minimum Gasteiger partial charge on any atom is -0.496 e. The molecule has 1 N–H and O–H groups in total. The van der Waals surface area contributed by atoms with E-state index >= 15 is 0 Å². The number of fused-ring (bicyclic) bond motifs is 1. The van der Waals surface area contributed by atoms with Crippen molar-refractivity contribution in [1.82, 2.24) is 20.2 Å². The molecule has 0 saturated carbocycles. The van der Waals surface area contributed by atoms with E-state index < -0.39 is 0 Å². The normalized spacial score (nSPS) is 11.4. The second-order valence-electron chi connectivity index (χ2n) is 5.37. The Hall–Kier alpha value is -2.71. The van der Waals surface area contributed by atoms with Crippen molar-refractivity contribution < 1.29 is 4.74 Å². The van der Waals surface area contributed by atoms with Crippen LogP contribution in [0, 0.1) is 0 Å². The van der Waals surface area contributed by atoms with Crippen molar-refractivity contribution in [3.05, 3.63) is 59.9 Å². The van der Waals surface area contributed by atoms with E-state index in [1.54, 1.807) is 36.4 Å². The zero-order valence-corrected chi connectivity index (χ0v) is 15.5. The van der Waals surface area contributed by atoms with Gasteiger partial charge in [0.25, 0.3) is 0 Å². The first-order valence-corrected chi connectivity index (χ1v) is 9.67. The van der Waals surface area contributed by atoms with E-state index in [-0.39, 0.29) is 0 Å². The van der Waals surface area contributed by atoms with Crippen molar-refractivity contribution in [1.29, 1.82) is 0 Å². The smallest absolute Gasteiger partial charge is 0.245 e. The minimum absolute atomic E-state index is 0.478. The summed E-state index contributed by atoms with van der Waals surface area (Å²) in [4.78, 5) is 12.9. The Kier molecular flexibility index (Phi) is 4.94. The van der Waals surface area contributed by atoms with Crippen LogP contribution in [0.15, 0.2) is 58.1 Å². The molecule has 2 aromatic carbocycles. The number of hydrogen-bond acceptors (Lipinski definition) is 7. The average molecular weight is 381 g/mol. The van der Waals surface area contributed by atoms with Gasteiger partial charge in [0.15, 0.2) is 4.34 Å². The maximum absolute atomic E-state index is 5.49. The number of benzene rings is 2. The quantitative estimate of drug-likeness (QED) is 0.394. The Morgan fingerprint density at radius 2 is 2.19 bits per heavy atom. The van der Waals surface area contributed by atoms with Gasteiger partial charge in [0.2, 0.25) is 5.95 Å². The minimum atomic E-state index is 0.478. The summed E-state index contributed by atoms with van der Waals surface area (Å²) in [6.07, 6.45) is 3.19. The third kappa shape index (κ3) is 3.76. The van der Waals surface area contributed by atoms with Gasteiger partial charge in [0, 0.05) is 17.5 Å². The highest BCUT2D eigenvalue weighted by Crippen LogP contribution is 2.33. The van der Waals surface area contributed by atoms with E-state index in [0.29, 0.717) is 5.95 Å². The lowest BCUT2D eigenvalue weighted by molar-refractivity contribution is 0.411. The molecule has 8 heteroatoms. The molecule has 0 aliphatic heterocycles. The number of para-hydroxylation sites is 1. The standard InChI is InChI=1S/C18H15N5OS2/c1-24-15-7-6-12(9-19-17-20-11-21-23-17)8-13(15)10-25-18-22-14-4-2-3-5-16(14)26-18/h2-9,11H,10H2,1H3,(H,20,21,23)/b19-9+. The van der Waals surface area contributed by atoms with Crippen molar-refractivity contribution in [2.45, 2.75) is 10.1 Å². The van der Waals surface area contributed by atoms with Crippen molar-refractivity contribution in [2.75, 3.05) is 7.11 Å². The van der Waals surface area contributed by atoms with Crippen LogP contribution in [0.25, 0.3) is 10.2 Å². The van der Waals surface area contributed by atoms with E-state index in [0.717, 1.165) is 32.5 Å². The van der Waals surface area contributed by atoms with E-state index in [9.17, 15) is 0 Å². The number of aromatic nitrogens is 4. The molecule has 2 heterocycles. The number of nitrogens with zero attached hydrogens (tertiary/aromatic N) is 4. The van der Waals surface area contributed by atoms with Gasteiger partial charge in [-0.15, -0.1) is 11.3 Å². The number of aromatic amines is 1. The number of thioether (sulfide) groups is 1. The molecule has 0 bridgehead atoms. The Morgan fingerprint density at radius 1 is 1.27 bits per heavy atom. The number of H-pyrrole nitrogens is 1. The molecule has 6 nitrogen and oxygen atoms in total. The molecule has 0 fully saturated rings. The predicted molar refractivity (Wildman–Crippen MR) is 106 cm³/mol. The second-order valence-corrected chi connectivity index (χ2v) is 7.63. The third-order valence-corrected chi connectivity index (χ3v) is 5.90. The molecule has 0 saturated heterocycles. The number of ether oxygens (including phenoxy) is 1. The van der Waals surface area contributed by atoms with Crippen LogP contribution >= 0.6 is 23.1 Å². The van der Waals surface area contributed by atoms with Crippen LogP contribution in [0.3, 0.4) is 0 Å². The average Bonchev–Trinajstić information content (AvgIpc) is 3.33.